The van der Waals surface area contributed by atoms with Crippen molar-refractivity contribution in [3.8, 4) is 11.4 Å². The van der Waals surface area contributed by atoms with Crippen LogP contribution in [0, 0.1) is 6.92 Å². The Kier molecular flexibility index (Phi) is 5.07. The Morgan fingerprint density at radius 1 is 1.04 bits per heavy atom. The molecule has 2 aromatic carbocycles. The second-order valence-corrected chi connectivity index (χ2v) is 5.49. The fraction of sp³-hybridized carbons (Fsp3) is 0.158. The van der Waals surface area contributed by atoms with Gasteiger partial charge in [0.15, 0.2) is 18.1 Å². The fourth-order valence-electron chi connectivity index (χ4n) is 2.32. The van der Waals surface area contributed by atoms with Gasteiger partial charge in [0.1, 0.15) is 5.75 Å². The largest absolute Gasteiger partial charge is 0.497 e. The van der Waals surface area contributed by atoms with Crippen LogP contribution in [0.5, 0.6) is 5.75 Å². The third-order valence-electron chi connectivity index (χ3n) is 3.69. The van der Waals surface area contributed by atoms with E-state index in [1.807, 2.05) is 30.3 Å². The molecule has 0 radical (unpaired) electrons. The zero-order chi connectivity index (χ0) is 18.5. The van der Waals surface area contributed by atoms with Crippen LogP contribution in [0.3, 0.4) is 0 Å². The second kappa shape index (κ2) is 7.60. The molecule has 0 atom stereocenters. The molecule has 0 aliphatic carbocycles. The summed E-state index contributed by atoms with van der Waals surface area (Å²) in [5, 5.41) is 8.37. The molecule has 0 saturated carbocycles. The zero-order valence-corrected chi connectivity index (χ0v) is 14.4. The van der Waals surface area contributed by atoms with Gasteiger partial charge in [-0.15, -0.1) is 5.10 Å². The van der Waals surface area contributed by atoms with Gasteiger partial charge < -0.3 is 9.47 Å². The number of carbonyl (C=O) groups is 2. The summed E-state index contributed by atoms with van der Waals surface area (Å²) in [7, 11) is 1.52. The van der Waals surface area contributed by atoms with E-state index in [9.17, 15) is 9.59 Å². The quantitative estimate of drug-likeness (QED) is 0.501. The van der Waals surface area contributed by atoms with Crippen LogP contribution in [0.25, 0.3) is 5.69 Å². The molecule has 132 valence electrons. The zero-order valence-electron chi connectivity index (χ0n) is 14.4. The molecule has 7 nitrogen and oxygen atoms in total. The number of ketones is 1. The van der Waals surface area contributed by atoms with Crippen molar-refractivity contribution in [2.75, 3.05) is 13.7 Å². The second-order valence-electron chi connectivity index (χ2n) is 5.49. The smallest absolute Gasteiger partial charge is 0.361 e. The van der Waals surface area contributed by atoms with Crippen molar-refractivity contribution in [1.82, 2.24) is 15.0 Å². The minimum absolute atomic E-state index is 0.0762. The first kappa shape index (κ1) is 17.3. The molecule has 0 unspecified atom stereocenters. The van der Waals surface area contributed by atoms with Gasteiger partial charge in [-0.1, -0.05) is 30.3 Å². The normalized spacial score (nSPS) is 10.4. The molecule has 3 aromatic rings. The number of methoxy groups -OCH3 is 1. The average molecular weight is 351 g/mol. The van der Waals surface area contributed by atoms with E-state index in [0.29, 0.717) is 17.0 Å². The number of benzene rings is 2. The Morgan fingerprint density at radius 3 is 2.54 bits per heavy atom. The Morgan fingerprint density at radius 2 is 1.81 bits per heavy atom. The molecule has 1 heterocycles. The van der Waals surface area contributed by atoms with Crippen LogP contribution in [-0.4, -0.2) is 40.5 Å². The Hall–Kier alpha value is -3.48. The summed E-state index contributed by atoms with van der Waals surface area (Å²) >= 11 is 0. The van der Waals surface area contributed by atoms with Crippen LogP contribution in [0.2, 0.25) is 0 Å². The van der Waals surface area contributed by atoms with E-state index in [-0.39, 0.29) is 18.1 Å². The van der Waals surface area contributed by atoms with Gasteiger partial charge in [0.25, 0.3) is 0 Å². The monoisotopic (exact) mass is 351 g/mol. The van der Waals surface area contributed by atoms with Crippen molar-refractivity contribution in [2.45, 2.75) is 6.92 Å². The lowest BCUT2D eigenvalue weighted by Gasteiger charge is -2.05. The predicted octanol–water partition coefficient (Wildman–Crippen LogP) is 2.62. The lowest BCUT2D eigenvalue weighted by molar-refractivity contribution is 0.0467. The molecule has 1 aromatic heterocycles. The minimum atomic E-state index is -0.694. The number of nitrogens with zero attached hydrogens (tertiary/aromatic N) is 3. The third-order valence-corrected chi connectivity index (χ3v) is 3.69. The SMILES string of the molecule is COc1cccc(C(=O)COC(=O)c2nn(-c3ccccc3)nc2C)c1. The minimum Gasteiger partial charge on any atom is -0.497 e. The molecule has 0 saturated heterocycles. The topological polar surface area (TPSA) is 83.3 Å². The fourth-order valence-corrected chi connectivity index (χ4v) is 2.32. The molecule has 26 heavy (non-hydrogen) atoms. The van der Waals surface area contributed by atoms with Crippen molar-refractivity contribution < 1.29 is 19.1 Å². The van der Waals surface area contributed by atoms with Crippen LogP contribution in [0.15, 0.2) is 54.6 Å². The van der Waals surface area contributed by atoms with Gasteiger partial charge in [0.05, 0.1) is 18.5 Å². The van der Waals surface area contributed by atoms with Crippen LogP contribution in [0.4, 0.5) is 0 Å². The van der Waals surface area contributed by atoms with Crippen LogP contribution >= 0.6 is 0 Å². The molecule has 0 aliphatic heterocycles. The summed E-state index contributed by atoms with van der Waals surface area (Å²) in [6, 6.07) is 15.9. The first-order chi connectivity index (χ1) is 12.6. The molecule has 0 amide bonds. The Balaban J connectivity index is 1.68. The summed E-state index contributed by atoms with van der Waals surface area (Å²) in [6.45, 7) is 1.27. The van der Waals surface area contributed by atoms with E-state index < -0.39 is 5.97 Å². The van der Waals surface area contributed by atoms with Gasteiger partial charge >= 0.3 is 5.97 Å². The van der Waals surface area contributed by atoms with Crippen molar-refractivity contribution in [1.29, 1.82) is 0 Å². The van der Waals surface area contributed by atoms with Crippen molar-refractivity contribution >= 4 is 11.8 Å². The Labute approximate surface area is 150 Å². The number of aryl methyl sites for hydroxylation is 1. The lowest BCUT2D eigenvalue weighted by Crippen LogP contribution is -2.15. The first-order valence-electron chi connectivity index (χ1n) is 7.92. The van der Waals surface area contributed by atoms with Gasteiger partial charge in [0.2, 0.25) is 0 Å². The Bertz CT molecular complexity index is 935. The highest BCUT2D eigenvalue weighted by Crippen LogP contribution is 2.14. The van der Waals surface area contributed by atoms with Crippen LogP contribution in [-0.2, 0) is 4.74 Å². The number of Topliss-reactive ketones (excluding diaryl/α,β-unsaturated/α-hetero) is 1. The maximum absolute atomic E-state index is 12.3. The maximum Gasteiger partial charge on any atom is 0.361 e. The molecule has 0 N–H and O–H groups in total. The summed E-state index contributed by atoms with van der Waals surface area (Å²) < 4.78 is 10.2. The van der Waals surface area contributed by atoms with Crippen LogP contribution in [0.1, 0.15) is 26.5 Å². The number of hydrogen-bond acceptors (Lipinski definition) is 6. The van der Waals surface area contributed by atoms with E-state index in [0.717, 1.165) is 5.69 Å². The van der Waals surface area contributed by atoms with Gasteiger partial charge in [-0.05, 0) is 31.2 Å². The summed E-state index contributed by atoms with van der Waals surface area (Å²) in [5.74, 6) is -0.463. The van der Waals surface area contributed by atoms with Crippen molar-refractivity contribution in [3.63, 3.8) is 0 Å². The number of esters is 1. The van der Waals surface area contributed by atoms with E-state index in [4.69, 9.17) is 9.47 Å². The molecule has 0 spiro atoms. The van der Waals surface area contributed by atoms with Gasteiger partial charge in [0, 0.05) is 5.56 Å². The van der Waals surface area contributed by atoms with Gasteiger partial charge in [-0.2, -0.15) is 9.90 Å². The van der Waals surface area contributed by atoms with E-state index in [1.54, 1.807) is 31.2 Å². The summed E-state index contributed by atoms with van der Waals surface area (Å²) in [6.07, 6.45) is 0. The number of hydrogen-bond donors (Lipinski definition) is 0. The van der Waals surface area contributed by atoms with Crippen LogP contribution < -0.4 is 4.74 Å². The van der Waals surface area contributed by atoms with Crippen molar-refractivity contribution in [2.24, 2.45) is 0 Å². The first-order valence-corrected chi connectivity index (χ1v) is 7.92. The molecular weight excluding hydrogens is 334 g/mol. The van der Waals surface area contributed by atoms with Gasteiger partial charge in [-0.3, -0.25) is 4.79 Å². The highest BCUT2D eigenvalue weighted by atomic mass is 16.5. The molecule has 0 bridgehead atoms. The lowest BCUT2D eigenvalue weighted by atomic mass is 10.1. The highest BCUT2D eigenvalue weighted by molar-refractivity contribution is 5.99. The molecule has 3 rings (SSSR count). The van der Waals surface area contributed by atoms with E-state index >= 15 is 0 Å². The number of carbonyl (C=O) groups excluding carboxylic acids is 2. The molecular formula is C19H17N3O4. The molecule has 7 heteroatoms. The predicted molar refractivity (Wildman–Crippen MR) is 93.7 cm³/mol. The highest BCUT2D eigenvalue weighted by Gasteiger charge is 2.19. The van der Waals surface area contributed by atoms with Crippen molar-refractivity contribution in [3.05, 3.63) is 71.5 Å². The summed E-state index contributed by atoms with van der Waals surface area (Å²) in [5.41, 5.74) is 1.63. The average Bonchev–Trinajstić information content (AvgIpc) is 3.08. The van der Waals surface area contributed by atoms with E-state index in [1.165, 1.54) is 11.9 Å². The summed E-state index contributed by atoms with van der Waals surface area (Å²) in [4.78, 5) is 25.8. The third kappa shape index (κ3) is 3.77. The number of para-hydroxylation sites is 1. The van der Waals surface area contributed by atoms with Gasteiger partial charge in [-0.25, -0.2) is 4.79 Å². The number of ether oxygens (including phenoxy) is 2. The maximum atomic E-state index is 12.3. The van der Waals surface area contributed by atoms with E-state index in [2.05, 4.69) is 10.2 Å². The standard InChI is InChI=1S/C19H17N3O4/c1-13-18(21-22(20-13)15-8-4-3-5-9-15)19(24)26-12-17(23)14-7-6-10-16(11-14)25-2/h3-11H,12H2,1-2H3. The number of rotatable bonds is 6. The molecule has 0 fully saturated rings. The molecule has 0 aliphatic rings. The number of aromatic nitrogens is 3.